The van der Waals surface area contributed by atoms with Gasteiger partial charge in [-0.25, -0.2) is 4.79 Å². The molecule has 0 saturated heterocycles. The van der Waals surface area contributed by atoms with Crippen LogP contribution in [0.25, 0.3) is 0 Å². The molecule has 1 N–H and O–H groups in total. The molecule has 0 aliphatic rings. The van der Waals surface area contributed by atoms with Crippen LogP contribution >= 0.6 is 15.9 Å². The quantitative estimate of drug-likeness (QED) is 0.202. The van der Waals surface area contributed by atoms with Crippen molar-refractivity contribution < 1.29 is 38.5 Å². The largest absolute Gasteiger partial charge is 0.508 e. The van der Waals surface area contributed by atoms with E-state index in [-0.39, 0.29) is 23.7 Å². The molecule has 2 aromatic carbocycles. The van der Waals surface area contributed by atoms with Gasteiger partial charge in [0.2, 0.25) is 0 Å². The number of esters is 2. The smallest absolute Gasteiger partial charge is 0.343 e. The number of aromatic hydroxyl groups is 1. The van der Waals surface area contributed by atoms with Gasteiger partial charge >= 0.3 is 11.9 Å². The summed E-state index contributed by atoms with van der Waals surface area (Å²) in [4.78, 5) is 42.3. The summed E-state index contributed by atoms with van der Waals surface area (Å²) in [6.07, 6.45) is 5.84. The molecule has 0 fully saturated rings. The average molecular weight is 549 g/mol. The lowest BCUT2D eigenvalue weighted by atomic mass is 10.0. The molecule has 0 heterocycles. The predicted octanol–water partition coefficient (Wildman–Crippen LogP) is 4.27. The summed E-state index contributed by atoms with van der Waals surface area (Å²) in [7, 11) is 2.64. The second-order valence-electron chi connectivity index (χ2n) is 6.46. The lowest BCUT2D eigenvalue weighted by Crippen LogP contribution is -2.13. The number of phenols is 1. The van der Waals surface area contributed by atoms with Gasteiger partial charge in [0.05, 0.1) is 14.2 Å². The van der Waals surface area contributed by atoms with E-state index in [0.717, 1.165) is 18.1 Å². The topological polar surface area (TPSA) is 116 Å². The van der Waals surface area contributed by atoms with E-state index in [2.05, 4.69) is 38.6 Å². The Morgan fingerprint density at radius 2 is 1.40 bits per heavy atom. The summed E-state index contributed by atoms with van der Waals surface area (Å²) in [5, 5.41) is 9.63. The molecule has 0 aliphatic heterocycles. The zero-order valence-electron chi connectivity index (χ0n) is 19.7. The first-order valence-electron chi connectivity index (χ1n) is 10.2. The Labute approximate surface area is 213 Å². The van der Waals surface area contributed by atoms with Gasteiger partial charge in [0.25, 0.3) is 0 Å². The third kappa shape index (κ3) is 11.8. The molecule has 0 radical (unpaired) electrons. The molecule has 0 saturated carbocycles. The van der Waals surface area contributed by atoms with Crippen molar-refractivity contribution in [2.45, 2.75) is 12.8 Å². The van der Waals surface area contributed by atoms with Crippen molar-refractivity contribution >= 4 is 40.4 Å². The van der Waals surface area contributed by atoms with E-state index in [1.165, 1.54) is 14.2 Å². The minimum atomic E-state index is -0.467. The number of alkyl halides is 1. The number of halogens is 1. The monoisotopic (exact) mass is 548 g/mol. The van der Waals surface area contributed by atoms with Crippen LogP contribution in [0, 0.1) is 0 Å². The molecule has 2 rings (SSSR count). The number of hydrogen-bond donors (Lipinski definition) is 1. The number of carbonyl (C=O) groups excluding carboxylic acids is 4. The van der Waals surface area contributed by atoms with Crippen LogP contribution in [0.15, 0.2) is 61.7 Å². The maximum atomic E-state index is 11.0. The van der Waals surface area contributed by atoms with E-state index in [4.69, 9.17) is 4.74 Å². The second-order valence-corrected chi connectivity index (χ2v) is 7.03. The maximum absolute atomic E-state index is 11.0. The number of phenolic OH excluding ortho intramolecular Hbond substituents is 1. The van der Waals surface area contributed by atoms with Crippen molar-refractivity contribution in [2.24, 2.45) is 0 Å². The highest BCUT2D eigenvalue weighted by atomic mass is 79.9. The van der Waals surface area contributed by atoms with Crippen LogP contribution in [0.1, 0.15) is 31.8 Å². The molecule has 0 atom stereocenters. The molecular weight excluding hydrogens is 520 g/mol. The minimum Gasteiger partial charge on any atom is -0.508 e. The number of benzene rings is 2. The Morgan fingerprint density at radius 1 is 0.886 bits per heavy atom. The van der Waals surface area contributed by atoms with Gasteiger partial charge in [-0.15, -0.1) is 13.2 Å². The first-order chi connectivity index (χ1) is 16.8. The van der Waals surface area contributed by atoms with Crippen LogP contribution in [0.4, 0.5) is 0 Å². The normalized spacial score (nSPS) is 9.11. The molecule has 0 spiro atoms. The molecule has 2 aromatic rings. The van der Waals surface area contributed by atoms with E-state index in [1.54, 1.807) is 48.6 Å². The fourth-order valence-electron chi connectivity index (χ4n) is 2.51. The summed E-state index contributed by atoms with van der Waals surface area (Å²) in [6.45, 7) is 6.99. The molecule has 8 nitrogen and oxygen atoms in total. The van der Waals surface area contributed by atoms with Gasteiger partial charge in [0.1, 0.15) is 29.4 Å². The van der Waals surface area contributed by atoms with Gasteiger partial charge in [-0.2, -0.15) is 0 Å². The SMILES string of the molecule is C=CCc1c(C=O)cccc1OCC(=O)OC.C=CCc1c(O)cccc1C=O.COC(=O)CBr. The standard InChI is InChI=1S/C13H14O4.C10H10O2.C3H5BrO2/c1-3-5-11-10(8-14)6-4-7-12(11)17-9-13(15)16-2;1-2-4-9-8(7-11)5-3-6-10(9)12;1-6-3(5)2-4/h3-4,6-8H,1,5,9H2,2H3;2-3,5-7,12H,1,4H2;2H2,1H3. The molecule has 0 bridgehead atoms. The van der Waals surface area contributed by atoms with Gasteiger partial charge in [-0.3, -0.25) is 14.4 Å². The fourth-order valence-corrected chi connectivity index (χ4v) is 2.74. The van der Waals surface area contributed by atoms with E-state index in [0.29, 0.717) is 35.3 Å². The minimum absolute atomic E-state index is 0.152. The highest BCUT2D eigenvalue weighted by molar-refractivity contribution is 9.09. The summed E-state index contributed by atoms with van der Waals surface area (Å²) in [5.41, 5.74) is 2.42. The fraction of sp³-hybridized carbons (Fsp3) is 0.231. The van der Waals surface area contributed by atoms with Gasteiger partial charge in [-0.1, -0.05) is 52.3 Å². The van der Waals surface area contributed by atoms with Crippen molar-refractivity contribution in [3.05, 3.63) is 84.0 Å². The van der Waals surface area contributed by atoms with Crippen LogP contribution in [-0.4, -0.2) is 55.8 Å². The Balaban J connectivity index is 0.000000557. The van der Waals surface area contributed by atoms with Crippen molar-refractivity contribution in [1.29, 1.82) is 0 Å². The molecule has 188 valence electrons. The number of allylic oxidation sites excluding steroid dienone is 2. The molecule has 0 aliphatic carbocycles. The van der Waals surface area contributed by atoms with Crippen molar-refractivity contribution in [3.63, 3.8) is 0 Å². The average Bonchev–Trinajstić information content (AvgIpc) is 2.89. The van der Waals surface area contributed by atoms with E-state index in [9.17, 15) is 24.3 Å². The first-order valence-corrected chi connectivity index (χ1v) is 11.3. The highest BCUT2D eigenvalue weighted by Gasteiger charge is 2.09. The third-order valence-corrected chi connectivity index (χ3v) is 4.68. The highest BCUT2D eigenvalue weighted by Crippen LogP contribution is 2.22. The molecule has 0 unspecified atom stereocenters. The summed E-state index contributed by atoms with van der Waals surface area (Å²) in [5.74, 6) is -0.0551. The number of methoxy groups -OCH3 is 2. The Kier molecular flexibility index (Phi) is 16.7. The number of ether oxygens (including phenoxy) is 3. The maximum Gasteiger partial charge on any atom is 0.343 e. The number of hydrogen-bond acceptors (Lipinski definition) is 8. The molecule has 0 aromatic heterocycles. The third-order valence-electron chi connectivity index (χ3n) is 4.22. The second kappa shape index (κ2) is 18.7. The van der Waals surface area contributed by atoms with E-state index >= 15 is 0 Å². The molecular formula is C26H29BrO8. The van der Waals surface area contributed by atoms with Gasteiger partial charge in [-0.05, 0) is 25.0 Å². The Hall–Kier alpha value is -3.72. The molecule has 35 heavy (non-hydrogen) atoms. The summed E-state index contributed by atoms with van der Waals surface area (Å²) >= 11 is 2.90. The number of carbonyl (C=O) groups is 4. The van der Waals surface area contributed by atoms with Crippen molar-refractivity contribution in [3.8, 4) is 11.5 Å². The lowest BCUT2D eigenvalue weighted by Gasteiger charge is -2.11. The zero-order chi connectivity index (χ0) is 26.6. The van der Waals surface area contributed by atoms with E-state index in [1.807, 2.05) is 0 Å². The van der Waals surface area contributed by atoms with Crippen LogP contribution in [0.5, 0.6) is 11.5 Å². The van der Waals surface area contributed by atoms with Crippen LogP contribution in [-0.2, 0) is 31.9 Å². The number of aldehydes is 2. The summed E-state index contributed by atoms with van der Waals surface area (Å²) < 4.78 is 14.0. The zero-order valence-corrected chi connectivity index (χ0v) is 21.3. The Morgan fingerprint density at radius 3 is 1.86 bits per heavy atom. The van der Waals surface area contributed by atoms with E-state index < -0.39 is 5.97 Å². The van der Waals surface area contributed by atoms with Gasteiger partial charge < -0.3 is 19.3 Å². The summed E-state index contributed by atoms with van der Waals surface area (Å²) in [6, 6.07) is 9.97. The van der Waals surface area contributed by atoms with Crippen molar-refractivity contribution in [2.75, 3.05) is 26.2 Å². The van der Waals surface area contributed by atoms with Crippen molar-refractivity contribution in [1.82, 2.24) is 0 Å². The van der Waals surface area contributed by atoms with Crippen LogP contribution in [0.2, 0.25) is 0 Å². The Bertz CT molecular complexity index is 995. The van der Waals surface area contributed by atoms with Crippen LogP contribution < -0.4 is 4.74 Å². The predicted molar refractivity (Wildman–Crippen MR) is 136 cm³/mol. The van der Waals surface area contributed by atoms with Gasteiger partial charge in [0.15, 0.2) is 6.61 Å². The lowest BCUT2D eigenvalue weighted by molar-refractivity contribution is -0.143. The van der Waals surface area contributed by atoms with Crippen LogP contribution in [0.3, 0.4) is 0 Å². The number of rotatable bonds is 10. The molecule has 9 heteroatoms. The van der Waals surface area contributed by atoms with Gasteiger partial charge in [0, 0.05) is 22.3 Å². The molecule has 0 amide bonds. The first kappa shape index (κ1) is 31.3.